The molecule has 7 heteroatoms. The summed E-state index contributed by atoms with van der Waals surface area (Å²) in [5, 5.41) is 20.7. The quantitative estimate of drug-likeness (QED) is 0.587. The predicted octanol–water partition coefficient (Wildman–Crippen LogP) is 4.65. The number of nitro groups is 1. The Morgan fingerprint density at radius 3 is 2.38 bits per heavy atom. The molecule has 1 fully saturated rings. The fourth-order valence-electron chi connectivity index (χ4n) is 2.70. The lowest BCUT2D eigenvalue weighted by atomic mass is 9.98. The second kappa shape index (κ2) is 6.78. The molecular formula is C17H13Cl2N3O2. The lowest BCUT2D eigenvalue weighted by molar-refractivity contribution is -0.384. The van der Waals surface area contributed by atoms with Crippen molar-refractivity contribution in [2.75, 3.05) is 13.1 Å². The molecule has 2 aromatic carbocycles. The molecule has 1 saturated heterocycles. The number of nitriles is 1. The molecule has 1 aliphatic heterocycles. The van der Waals surface area contributed by atoms with Crippen LogP contribution in [0.25, 0.3) is 11.1 Å². The number of halogens is 2. The number of nitro benzene ring substituents is 1. The number of benzene rings is 2. The van der Waals surface area contributed by atoms with Gasteiger partial charge in [-0.25, -0.2) is 0 Å². The van der Waals surface area contributed by atoms with Gasteiger partial charge < -0.3 is 0 Å². The van der Waals surface area contributed by atoms with Crippen LogP contribution in [0.5, 0.6) is 0 Å². The molecule has 3 rings (SSSR count). The monoisotopic (exact) mass is 361 g/mol. The highest BCUT2D eigenvalue weighted by Crippen LogP contribution is 2.38. The zero-order valence-electron chi connectivity index (χ0n) is 12.6. The molecule has 1 heterocycles. The molecule has 0 N–H and O–H groups in total. The minimum atomic E-state index is -0.543. The van der Waals surface area contributed by atoms with Gasteiger partial charge in [-0.2, -0.15) is 5.26 Å². The van der Waals surface area contributed by atoms with Gasteiger partial charge in [0.05, 0.1) is 26.6 Å². The third-order valence-electron chi connectivity index (χ3n) is 4.10. The van der Waals surface area contributed by atoms with Crippen molar-refractivity contribution < 1.29 is 4.92 Å². The maximum atomic E-state index is 10.9. The average molecular weight is 362 g/mol. The number of hydrogen-bond acceptors (Lipinski definition) is 4. The van der Waals surface area contributed by atoms with Gasteiger partial charge in [-0.3, -0.25) is 15.0 Å². The number of non-ortho nitro benzene ring substituents is 1. The van der Waals surface area contributed by atoms with E-state index in [0.717, 1.165) is 25.2 Å². The van der Waals surface area contributed by atoms with Crippen molar-refractivity contribution in [1.29, 1.82) is 5.26 Å². The van der Waals surface area contributed by atoms with E-state index >= 15 is 0 Å². The maximum absolute atomic E-state index is 10.9. The van der Waals surface area contributed by atoms with Crippen molar-refractivity contribution >= 4 is 28.9 Å². The lowest BCUT2D eigenvalue weighted by Gasteiger charge is -2.31. The average Bonchev–Trinajstić information content (AvgIpc) is 2.50. The SMILES string of the molecule is N#Cc1cc(-c2c(Cl)cc([N+](=O)[O-])cc2Cl)ccc1CN1CCC1. The summed E-state index contributed by atoms with van der Waals surface area (Å²) in [7, 11) is 0. The van der Waals surface area contributed by atoms with Crippen LogP contribution in [0, 0.1) is 21.4 Å². The molecule has 0 aromatic heterocycles. The van der Waals surface area contributed by atoms with Crippen molar-refractivity contribution in [3.05, 3.63) is 61.6 Å². The molecule has 1 aliphatic rings. The first-order valence-electron chi connectivity index (χ1n) is 7.39. The molecule has 0 saturated carbocycles. The van der Waals surface area contributed by atoms with E-state index in [2.05, 4.69) is 11.0 Å². The van der Waals surface area contributed by atoms with Crippen LogP contribution in [-0.2, 0) is 6.54 Å². The molecule has 0 radical (unpaired) electrons. The highest BCUT2D eigenvalue weighted by atomic mass is 35.5. The molecule has 122 valence electrons. The van der Waals surface area contributed by atoms with Gasteiger partial charge >= 0.3 is 0 Å². The van der Waals surface area contributed by atoms with E-state index in [-0.39, 0.29) is 15.7 Å². The Hall–Kier alpha value is -2.13. The lowest BCUT2D eigenvalue weighted by Crippen LogP contribution is -2.36. The van der Waals surface area contributed by atoms with Crippen molar-refractivity contribution in [3.8, 4) is 17.2 Å². The van der Waals surface area contributed by atoms with Crippen molar-refractivity contribution in [3.63, 3.8) is 0 Å². The molecule has 5 nitrogen and oxygen atoms in total. The summed E-state index contributed by atoms with van der Waals surface area (Å²) in [5.74, 6) is 0. The van der Waals surface area contributed by atoms with E-state index < -0.39 is 4.92 Å². The smallest absolute Gasteiger partial charge is 0.272 e. The molecule has 0 bridgehead atoms. The summed E-state index contributed by atoms with van der Waals surface area (Å²) in [6.45, 7) is 2.84. The zero-order valence-corrected chi connectivity index (χ0v) is 14.1. The molecule has 2 aromatic rings. The van der Waals surface area contributed by atoms with Crippen LogP contribution in [0.4, 0.5) is 5.69 Å². The Morgan fingerprint density at radius 2 is 1.88 bits per heavy atom. The summed E-state index contributed by atoms with van der Waals surface area (Å²) >= 11 is 12.4. The minimum absolute atomic E-state index is 0.163. The third kappa shape index (κ3) is 3.22. The van der Waals surface area contributed by atoms with E-state index in [1.54, 1.807) is 6.07 Å². The topological polar surface area (TPSA) is 70.2 Å². The van der Waals surface area contributed by atoms with Crippen LogP contribution in [0.3, 0.4) is 0 Å². The highest BCUT2D eigenvalue weighted by Gasteiger charge is 2.19. The zero-order chi connectivity index (χ0) is 17.3. The first-order valence-corrected chi connectivity index (χ1v) is 8.14. The van der Waals surface area contributed by atoms with Gasteiger partial charge in [0.2, 0.25) is 0 Å². The van der Waals surface area contributed by atoms with Gasteiger partial charge in [-0.1, -0.05) is 35.3 Å². The van der Waals surface area contributed by atoms with Gasteiger partial charge in [-0.05, 0) is 36.7 Å². The Labute approximate surface area is 149 Å². The van der Waals surface area contributed by atoms with E-state index in [1.165, 1.54) is 18.6 Å². The summed E-state index contributed by atoms with van der Waals surface area (Å²) in [6.07, 6.45) is 1.19. The molecule has 0 atom stereocenters. The second-order valence-electron chi connectivity index (χ2n) is 5.65. The second-order valence-corrected chi connectivity index (χ2v) is 6.47. The maximum Gasteiger partial charge on any atom is 0.272 e. The predicted molar refractivity (Wildman–Crippen MR) is 93.2 cm³/mol. The van der Waals surface area contributed by atoms with Crippen LogP contribution >= 0.6 is 23.2 Å². The van der Waals surface area contributed by atoms with E-state index in [0.29, 0.717) is 16.7 Å². The van der Waals surface area contributed by atoms with Gasteiger partial charge in [-0.15, -0.1) is 0 Å². The Balaban J connectivity index is 2.01. The Kier molecular flexibility index (Phi) is 4.72. The molecule has 24 heavy (non-hydrogen) atoms. The van der Waals surface area contributed by atoms with Gasteiger partial charge in [0.25, 0.3) is 5.69 Å². The van der Waals surface area contributed by atoms with E-state index in [4.69, 9.17) is 23.2 Å². The molecule has 0 amide bonds. The van der Waals surface area contributed by atoms with Gasteiger partial charge in [0.1, 0.15) is 0 Å². The minimum Gasteiger partial charge on any atom is -0.299 e. The van der Waals surface area contributed by atoms with Crippen LogP contribution in [0.15, 0.2) is 30.3 Å². The third-order valence-corrected chi connectivity index (χ3v) is 4.70. The van der Waals surface area contributed by atoms with E-state index in [9.17, 15) is 15.4 Å². The number of nitrogens with zero attached hydrogens (tertiary/aromatic N) is 3. The largest absolute Gasteiger partial charge is 0.299 e. The molecule has 0 spiro atoms. The number of likely N-dealkylation sites (tertiary alicyclic amines) is 1. The van der Waals surface area contributed by atoms with Crippen molar-refractivity contribution in [2.45, 2.75) is 13.0 Å². The van der Waals surface area contributed by atoms with E-state index in [1.807, 2.05) is 12.1 Å². The van der Waals surface area contributed by atoms with Gasteiger partial charge in [0, 0.05) is 24.2 Å². The first kappa shape index (κ1) is 16.7. The van der Waals surface area contributed by atoms with Gasteiger partial charge in [0.15, 0.2) is 0 Å². The normalized spacial score (nSPS) is 14.0. The Bertz CT molecular complexity index is 834. The fraction of sp³-hybridized carbons (Fsp3) is 0.235. The first-order chi connectivity index (χ1) is 11.5. The summed E-state index contributed by atoms with van der Waals surface area (Å²) in [5.41, 5.74) is 2.52. The number of hydrogen-bond donors (Lipinski definition) is 0. The van der Waals surface area contributed by atoms with Crippen molar-refractivity contribution in [2.24, 2.45) is 0 Å². The number of rotatable bonds is 4. The van der Waals surface area contributed by atoms with Crippen LogP contribution in [-0.4, -0.2) is 22.9 Å². The highest BCUT2D eigenvalue weighted by molar-refractivity contribution is 6.39. The standard InChI is InChI=1S/C17H13Cl2N3O2/c18-15-7-14(22(23)24)8-16(19)17(15)11-2-3-12(13(6-11)9-20)10-21-4-1-5-21/h2-3,6-8H,1,4-5,10H2. The molecule has 0 unspecified atom stereocenters. The molecule has 0 aliphatic carbocycles. The van der Waals surface area contributed by atoms with Crippen LogP contribution < -0.4 is 0 Å². The van der Waals surface area contributed by atoms with Crippen molar-refractivity contribution in [1.82, 2.24) is 4.90 Å². The van der Waals surface area contributed by atoms with Crippen LogP contribution in [0.2, 0.25) is 10.0 Å². The fourth-order valence-corrected chi connectivity index (χ4v) is 3.39. The Morgan fingerprint density at radius 1 is 1.21 bits per heavy atom. The summed E-state index contributed by atoms with van der Waals surface area (Å²) in [6, 6.07) is 10.2. The molecular weight excluding hydrogens is 349 g/mol. The summed E-state index contributed by atoms with van der Waals surface area (Å²) in [4.78, 5) is 12.6. The van der Waals surface area contributed by atoms with Crippen LogP contribution in [0.1, 0.15) is 17.5 Å². The summed E-state index contributed by atoms with van der Waals surface area (Å²) < 4.78 is 0.